The fourth-order valence-electron chi connectivity index (χ4n) is 3.29. The van der Waals surface area contributed by atoms with Gasteiger partial charge in [-0.3, -0.25) is 4.79 Å². The van der Waals surface area contributed by atoms with E-state index in [-0.39, 0.29) is 5.91 Å². The van der Waals surface area contributed by atoms with Crippen molar-refractivity contribution in [2.45, 2.75) is 31.2 Å². The molecule has 0 radical (unpaired) electrons. The van der Waals surface area contributed by atoms with Crippen LogP contribution in [0.5, 0.6) is 0 Å². The van der Waals surface area contributed by atoms with E-state index in [1.165, 1.54) is 24.8 Å². The molecule has 0 aromatic heterocycles. The molecule has 24 heavy (non-hydrogen) atoms. The summed E-state index contributed by atoms with van der Waals surface area (Å²) in [5, 5.41) is 3.67. The first kappa shape index (κ1) is 15.4. The summed E-state index contributed by atoms with van der Waals surface area (Å²) in [5.41, 5.74) is 2.98. The lowest BCUT2D eigenvalue weighted by Gasteiger charge is -2.17. The highest BCUT2D eigenvalue weighted by molar-refractivity contribution is 6.05. The molecule has 2 aromatic rings. The minimum atomic E-state index is 0.0474. The summed E-state index contributed by atoms with van der Waals surface area (Å²) in [6, 6.07) is 18.5. The second-order valence-electron chi connectivity index (χ2n) is 7.13. The Morgan fingerprint density at radius 1 is 1.12 bits per heavy atom. The third-order valence-corrected chi connectivity index (χ3v) is 5.17. The van der Waals surface area contributed by atoms with Crippen molar-refractivity contribution >= 4 is 11.6 Å². The topological polar surface area (TPSA) is 32.3 Å². The van der Waals surface area contributed by atoms with E-state index in [1.807, 2.05) is 49.5 Å². The molecular formula is C21H24N2O. The van der Waals surface area contributed by atoms with Gasteiger partial charge in [-0.1, -0.05) is 30.3 Å². The zero-order valence-electron chi connectivity index (χ0n) is 14.1. The third-order valence-electron chi connectivity index (χ3n) is 5.17. The van der Waals surface area contributed by atoms with Crippen LogP contribution in [0.15, 0.2) is 54.6 Å². The maximum Gasteiger partial charge on any atom is 0.258 e. The molecule has 0 heterocycles. The Morgan fingerprint density at radius 2 is 1.92 bits per heavy atom. The molecule has 2 fully saturated rings. The summed E-state index contributed by atoms with van der Waals surface area (Å²) in [6.07, 6.45) is 3.97. The number of anilines is 1. The number of nitrogens with one attached hydrogen (secondary N) is 1. The van der Waals surface area contributed by atoms with E-state index >= 15 is 0 Å². The highest BCUT2D eigenvalue weighted by atomic mass is 16.2. The standard InChI is InChI=1S/C21H24N2O/c1-23(18-8-3-2-4-9-18)21(24)17-7-5-6-16(12-17)19-13-20(19)22-14-15-10-11-15/h2-9,12,15,19-20,22H,10-11,13-14H2,1H3/t19-,20+/m0/s1. The van der Waals surface area contributed by atoms with Gasteiger partial charge < -0.3 is 10.2 Å². The van der Waals surface area contributed by atoms with Gasteiger partial charge in [-0.25, -0.2) is 0 Å². The molecule has 0 saturated heterocycles. The lowest BCUT2D eigenvalue weighted by Crippen LogP contribution is -2.26. The van der Waals surface area contributed by atoms with Gasteiger partial charge in [-0.15, -0.1) is 0 Å². The third kappa shape index (κ3) is 3.36. The number of para-hydroxylation sites is 1. The number of nitrogens with zero attached hydrogens (tertiary/aromatic N) is 1. The van der Waals surface area contributed by atoms with Crippen molar-refractivity contribution in [3.63, 3.8) is 0 Å². The number of amides is 1. The van der Waals surface area contributed by atoms with E-state index in [9.17, 15) is 4.79 Å². The quantitative estimate of drug-likeness (QED) is 0.877. The molecule has 0 aliphatic heterocycles. The second kappa shape index (κ2) is 6.40. The summed E-state index contributed by atoms with van der Waals surface area (Å²) in [4.78, 5) is 14.5. The van der Waals surface area contributed by atoms with Crippen LogP contribution in [0.25, 0.3) is 0 Å². The number of hydrogen-bond donors (Lipinski definition) is 1. The Balaban J connectivity index is 1.43. The van der Waals surface area contributed by atoms with E-state index < -0.39 is 0 Å². The van der Waals surface area contributed by atoms with Crippen molar-refractivity contribution in [2.24, 2.45) is 5.92 Å². The van der Waals surface area contributed by atoms with E-state index in [0.717, 1.165) is 23.7 Å². The average molecular weight is 320 g/mol. The Labute approximate surface area is 143 Å². The number of rotatable bonds is 6. The number of carbonyl (C=O) groups is 1. The average Bonchev–Trinajstić information content (AvgIpc) is 3.54. The van der Waals surface area contributed by atoms with Crippen LogP contribution < -0.4 is 10.2 Å². The molecular weight excluding hydrogens is 296 g/mol. The number of hydrogen-bond acceptors (Lipinski definition) is 2. The summed E-state index contributed by atoms with van der Waals surface area (Å²) >= 11 is 0. The van der Waals surface area contributed by atoms with Crippen molar-refractivity contribution in [3.8, 4) is 0 Å². The van der Waals surface area contributed by atoms with Gasteiger partial charge in [0.25, 0.3) is 5.91 Å². The number of benzene rings is 2. The first-order valence-electron chi connectivity index (χ1n) is 8.89. The Morgan fingerprint density at radius 3 is 2.67 bits per heavy atom. The fraction of sp³-hybridized carbons (Fsp3) is 0.381. The minimum Gasteiger partial charge on any atom is -0.313 e. The summed E-state index contributed by atoms with van der Waals surface area (Å²) in [7, 11) is 1.83. The molecule has 2 aromatic carbocycles. The zero-order valence-corrected chi connectivity index (χ0v) is 14.1. The Kier molecular flexibility index (Phi) is 4.11. The first-order valence-corrected chi connectivity index (χ1v) is 8.89. The van der Waals surface area contributed by atoms with Crippen LogP contribution in [0.1, 0.15) is 41.1 Å². The molecule has 1 amide bonds. The fourth-order valence-corrected chi connectivity index (χ4v) is 3.29. The van der Waals surface area contributed by atoms with Crippen molar-refractivity contribution in [3.05, 3.63) is 65.7 Å². The second-order valence-corrected chi connectivity index (χ2v) is 7.13. The normalized spacial score (nSPS) is 22.2. The van der Waals surface area contributed by atoms with Crippen LogP contribution in [-0.4, -0.2) is 25.5 Å². The zero-order chi connectivity index (χ0) is 16.5. The monoisotopic (exact) mass is 320 g/mol. The van der Waals surface area contributed by atoms with Crippen molar-refractivity contribution in [2.75, 3.05) is 18.5 Å². The van der Waals surface area contributed by atoms with E-state index in [0.29, 0.717) is 12.0 Å². The lowest BCUT2D eigenvalue weighted by molar-refractivity contribution is 0.0993. The minimum absolute atomic E-state index is 0.0474. The smallest absolute Gasteiger partial charge is 0.258 e. The lowest BCUT2D eigenvalue weighted by atomic mass is 10.1. The van der Waals surface area contributed by atoms with Crippen LogP contribution in [0, 0.1) is 5.92 Å². The Hall–Kier alpha value is -2.13. The van der Waals surface area contributed by atoms with Crippen molar-refractivity contribution in [1.29, 1.82) is 0 Å². The SMILES string of the molecule is CN(C(=O)c1cccc([C@@H]2C[C@H]2NCC2CC2)c1)c1ccccc1. The van der Waals surface area contributed by atoms with Crippen LogP contribution >= 0.6 is 0 Å². The molecule has 2 saturated carbocycles. The van der Waals surface area contributed by atoms with E-state index in [2.05, 4.69) is 17.4 Å². The van der Waals surface area contributed by atoms with Gasteiger partial charge in [-0.05, 0) is 61.6 Å². The Bertz CT molecular complexity index is 724. The van der Waals surface area contributed by atoms with Crippen LogP contribution in [0.3, 0.4) is 0 Å². The molecule has 0 spiro atoms. The van der Waals surface area contributed by atoms with Gasteiger partial charge in [0.15, 0.2) is 0 Å². The maximum atomic E-state index is 12.8. The predicted octanol–water partition coefficient (Wildman–Crippen LogP) is 3.82. The van der Waals surface area contributed by atoms with Gasteiger partial charge in [0.05, 0.1) is 0 Å². The maximum absolute atomic E-state index is 12.8. The van der Waals surface area contributed by atoms with Gasteiger partial charge in [0.2, 0.25) is 0 Å². The molecule has 2 aliphatic carbocycles. The molecule has 124 valence electrons. The molecule has 4 rings (SSSR count). The van der Waals surface area contributed by atoms with Crippen LogP contribution in [-0.2, 0) is 0 Å². The highest BCUT2D eigenvalue weighted by Gasteiger charge is 2.39. The number of carbonyl (C=O) groups excluding carboxylic acids is 1. The summed E-state index contributed by atoms with van der Waals surface area (Å²) in [5.74, 6) is 1.53. The largest absolute Gasteiger partial charge is 0.313 e. The van der Waals surface area contributed by atoms with Crippen LogP contribution in [0.2, 0.25) is 0 Å². The molecule has 2 aliphatic rings. The summed E-state index contributed by atoms with van der Waals surface area (Å²) < 4.78 is 0. The summed E-state index contributed by atoms with van der Waals surface area (Å²) in [6.45, 7) is 1.16. The molecule has 3 nitrogen and oxygen atoms in total. The molecule has 0 bridgehead atoms. The van der Waals surface area contributed by atoms with Crippen molar-refractivity contribution < 1.29 is 4.79 Å². The predicted molar refractivity (Wildman–Crippen MR) is 97.5 cm³/mol. The first-order chi connectivity index (χ1) is 11.7. The van der Waals surface area contributed by atoms with Gasteiger partial charge in [0.1, 0.15) is 0 Å². The van der Waals surface area contributed by atoms with Gasteiger partial charge in [0, 0.05) is 30.3 Å². The van der Waals surface area contributed by atoms with Gasteiger partial charge in [-0.2, -0.15) is 0 Å². The van der Waals surface area contributed by atoms with Crippen LogP contribution in [0.4, 0.5) is 5.69 Å². The molecule has 0 unspecified atom stereocenters. The van der Waals surface area contributed by atoms with E-state index in [4.69, 9.17) is 0 Å². The van der Waals surface area contributed by atoms with E-state index in [1.54, 1.807) is 4.90 Å². The molecule has 2 atom stereocenters. The van der Waals surface area contributed by atoms with Gasteiger partial charge >= 0.3 is 0 Å². The molecule has 1 N–H and O–H groups in total. The van der Waals surface area contributed by atoms with Crippen molar-refractivity contribution in [1.82, 2.24) is 5.32 Å². The molecule has 3 heteroatoms. The highest BCUT2D eigenvalue weighted by Crippen LogP contribution is 2.42.